The van der Waals surface area contributed by atoms with Gasteiger partial charge in [0.05, 0.1) is 30.3 Å². The van der Waals surface area contributed by atoms with Crippen molar-refractivity contribution < 1.29 is 40.4 Å². The number of fused-ring (bicyclic) bond motifs is 1. The molecule has 0 bridgehead atoms. The molecular weight excluding hydrogens is 413 g/mol. The molecule has 2 aliphatic heterocycles. The van der Waals surface area contributed by atoms with Crippen LogP contribution in [0.4, 0.5) is 13.2 Å². The number of hydrogen-bond donors (Lipinski definition) is 1. The first-order chi connectivity index (χ1) is 13.6. The van der Waals surface area contributed by atoms with Crippen molar-refractivity contribution in [2.75, 3.05) is 19.8 Å². The molecule has 29 heavy (non-hydrogen) atoms. The molecule has 0 aromatic heterocycles. The SMILES string of the molecule is O=S(=O)(O)c1ccc2c(c1)OCCC2c1ccc(C(F)(F)F)cc1OC1COC1. The minimum atomic E-state index is -4.51. The predicted molar refractivity (Wildman–Crippen MR) is 94.9 cm³/mol. The Morgan fingerprint density at radius 1 is 1.07 bits per heavy atom. The first-order valence-corrected chi connectivity index (χ1v) is 10.3. The van der Waals surface area contributed by atoms with Crippen molar-refractivity contribution in [3.05, 3.63) is 53.1 Å². The minimum absolute atomic E-state index is 0.116. The molecule has 0 spiro atoms. The molecular formula is C19H17F3O6S. The summed E-state index contributed by atoms with van der Waals surface area (Å²) < 4.78 is 87.9. The van der Waals surface area contributed by atoms with Gasteiger partial charge < -0.3 is 14.2 Å². The fraction of sp³-hybridized carbons (Fsp3) is 0.368. The van der Waals surface area contributed by atoms with Crippen LogP contribution in [0.1, 0.15) is 29.0 Å². The van der Waals surface area contributed by atoms with E-state index < -0.39 is 21.9 Å². The van der Waals surface area contributed by atoms with Gasteiger partial charge in [0.15, 0.2) is 0 Å². The van der Waals surface area contributed by atoms with E-state index in [1.54, 1.807) is 0 Å². The normalized spacial score (nSPS) is 19.8. The second-order valence-corrected chi connectivity index (χ2v) is 8.31. The molecule has 1 unspecified atom stereocenters. The van der Waals surface area contributed by atoms with Crippen molar-refractivity contribution in [1.82, 2.24) is 0 Å². The molecule has 2 aliphatic rings. The van der Waals surface area contributed by atoms with Crippen LogP contribution in [0, 0.1) is 0 Å². The zero-order chi connectivity index (χ0) is 20.8. The van der Waals surface area contributed by atoms with Crippen LogP contribution in [-0.4, -0.2) is 38.9 Å². The van der Waals surface area contributed by atoms with Crippen LogP contribution in [0.15, 0.2) is 41.3 Å². The molecule has 2 aromatic rings. The fourth-order valence-corrected chi connectivity index (χ4v) is 3.91. The fourth-order valence-electron chi connectivity index (χ4n) is 3.42. The summed E-state index contributed by atoms with van der Waals surface area (Å²) in [5.74, 6) is 0.0199. The smallest absolute Gasteiger partial charge is 0.416 e. The largest absolute Gasteiger partial charge is 0.493 e. The summed E-state index contributed by atoms with van der Waals surface area (Å²) in [5, 5.41) is 0. The Kier molecular flexibility index (Phi) is 4.96. The molecule has 0 amide bonds. The number of ether oxygens (including phenoxy) is 3. The lowest BCUT2D eigenvalue weighted by Crippen LogP contribution is -2.39. The van der Waals surface area contributed by atoms with Gasteiger partial charge >= 0.3 is 6.18 Å². The van der Waals surface area contributed by atoms with Crippen LogP contribution in [0.3, 0.4) is 0 Å². The standard InChI is InChI=1S/C19H17F3O6S/c20-19(21,22)11-1-3-16(18(7-11)28-12-9-26-10-12)14-5-6-27-17-8-13(29(23,24)25)2-4-15(14)17/h1-4,7-8,12,14H,5-6,9-10H2,(H,23,24,25). The van der Waals surface area contributed by atoms with E-state index in [0.717, 1.165) is 12.1 Å². The van der Waals surface area contributed by atoms with Gasteiger partial charge in [0.25, 0.3) is 10.1 Å². The second kappa shape index (κ2) is 7.19. The van der Waals surface area contributed by atoms with Crippen molar-refractivity contribution in [1.29, 1.82) is 0 Å². The third-order valence-electron chi connectivity index (χ3n) is 4.94. The molecule has 6 nitrogen and oxygen atoms in total. The molecule has 1 fully saturated rings. The van der Waals surface area contributed by atoms with Crippen molar-refractivity contribution in [3.63, 3.8) is 0 Å². The Bertz CT molecular complexity index is 1030. The van der Waals surface area contributed by atoms with E-state index in [-0.39, 0.29) is 35.0 Å². The summed E-state index contributed by atoms with van der Waals surface area (Å²) in [4.78, 5) is -0.313. The minimum Gasteiger partial charge on any atom is -0.493 e. The van der Waals surface area contributed by atoms with Gasteiger partial charge in [-0.15, -0.1) is 0 Å². The third-order valence-corrected chi connectivity index (χ3v) is 5.79. The first-order valence-electron chi connectivity index (χ1n) is 8.83. The van der Waals surface area contributed by atoms with E-state index in [9.17, 15) is 26.1 Å². The Balaban J connectivity index is 1.76. The maximum absolute atomic E-state index is 13.2. The van der Waals surface area contributed by atoms with Gasteiger partial charge in [0.1, 0.15) is 17.6 Å². The van der Waals surface area contributed by atoms with Gasteiger partial charge in [-0.25, -0.2) is 0 Å². The zero-order valence-corrected chi connectivity index (χ0v) is 15.8. The lowest BCUT2D eigenvalue weighted by atomic mass is 9.85. The number of halogens is 3. The van der Waals surface area contributed by atoms with Crippen molar-refractivity contribution in [2.45, 2.75) is 29.5 Å². The Morgan fingerprint density at radius 3 is 2.41 bits per heavy atom. The summed E-state index contributed by atoms with van der Waals surface area (Å²) in [6, 6.07) is 7.31. The van der Waals surface area contributed by atoms with E-state index in [0.29, 0.717) is 30.8 Å². The van der Waals surface area contributed by atoms with E-state index in [4.69, 9.17) is 14.2 Å². The van der Waals surface area contributed by atoms with E-state index >= 15 is 0 Å². The molecule has 1 saturated heterocycles. The van der Waals surface area contributed by atoms with Gasteiger partial charge in [-0.05, 0) is 24.6 Å². The van der Waals surface area contributed by atoms with Crippen molar-refractivity contribution in [2.24, 2.45) is 0 Å². The van der Waals surface area contributed by atoms with Crippen LogP contribution in [-0.2, 0) is 21.0 Å². The highest BCUT2D eigenvalue weighted by Gasteiger charge is 2.34. The van der Waals surface area contributed by atoms with E-state index in [2.05, 4.69) is 0 Å². The second-order valence-electron chi connectivity index (χ2n) is 6.89. The van der Waals surface area contributed by atoms with Crippen molar-refractivity contribution in [3.8, 4) is 11.5 Å². The maximum Gasteiger partial charge on any atom is 0.416 e. The number of alkyl halides is 3. The maximum atomic E-state index is 13.2. The van der Waals surface area contributed by atoms with E-state index in [1.165, 1.54) is 24.3 Å². The number of benzene rings is 2. The molecule has 0 radical (unpaired) electrons. The summed E-state index contributed by atoms with van der Waals surface area (Å²) in [7, 11) is -4.40. The monoisotopic (exact) mass is 430 g/mol. The molecule has 0 aliphatic carbocycles. The first kappa shape index (κ1) is 20.0. The summed E-state index contributed by atoms with van der Waals surface area (Å²) in [6.45, 7) is 0.842. The molecule has 2 aromatic carbocycles. The van der Waals surface area contributed by atoms with Crippen molar-refractivity contribution >= 4 is 10.1 Å². The molecule has 0 saturated carbocycles. The van der Waals surface area contributed by atoms with Crippen LogP contribution in [0.5, 0.6) is 11.5 Å². The van der Waals surface area contributed by atoms with Crippen LogP contribution in [0.2, 0.25) is 0 Å². The van der Waals surface area contributed by atoms with Gasteiger partial charge in [-0.3, -0.25) is 4.55 Å². The highest BCUT2D eigenvalue weighted by atomic mass is 32.2. The van der Waals surface area contributed by atoms with Crippen LogP contribution in [0.25, 0.3) is 0 Å². The number of hydrogen-bond acceptors (Lipinski definition) is 5. The predicted octanol–water partition coefficient (Wildman–Crippen LogP) is 3.64. The Morgan fingerprint density at radius 2 is 1.79 bits per heavy atom. The third kappa shape index (κ3) is 4.05. The average Bonchev–Trinajstić information content (AvgIpc) is 2.62. The Labute approximate surface area is 164 Å². The summed E-state index contributed by atoms with van der Waals surface area (Å²) in [5.41, 5.74) is 0.345. The molecule has 2 heterocycles. The molecule has 156 valence electrons. The topological polar surface area (TPSA) is 82.1 Å². The van der Waals surface area contributed by atoms with Gasteiger partial charge in [0, 0.05) is 23.1 Å². The molecule has 10 heteroatoms. The van der Waals surface area contributed by atoms with Crippen LogP contribution >= 0.6 is 0 Å². The zero-order valence-electron chi connectivity index (χ0n) is 15.0. The van der Waals surface area contributed by atoms with Gasteiger partial charge in [0.2, 0.25) is 0 Å². The quantitative estimate of drug-likeness (QED) is 0.746. The molecule has 4 rings (SSSR count). The summed E-state index contributed by atoms with van der Waals surface area (Å²) in [6.07, 6.45) is -4.36. The van der Waals surface area contributed by atoms with E-state index in [1.807, 2.05) is 0 Å². The number of rotatable bonds is 4. The van der Waals surface area contributed by atoms with Crippen LogP contribution < -0.4 is 9.47 Å². The van der Waals surface area contributed by atoms with Gasteiger partial charge in [-0.2, -0.15) is 21.6 Å². The lowest BCUT2D eigenvalue weighted by molar-refractivity contribution is -0.138. The highest BCUT2D eigenvalue weighted by molar-refractivity contribution is 7.85. The molecule has 1 N–H and O–H groups in total. The molecule has 1 atom stereocenters. The average molecular weight is 430 g/mol. The highest BCUT2D eigenvalue weighted by Crippen LogP contribution is 2.44. The van der Waals surface area contributed by atoms with Gasteiger partial charge in [-0.1, -0.05) is 12.1 Å². The Hall–Kier alpha value is -2.30. The summed E-state index contributed by atoms with van der Waals surface area (Å²) >= 11 is 0. The lowest BCUT2D eigenvalue weighted by Gasteiger charge is -2.31.